The van der Waals surface area contributed by atoms with Crippen LogP contribution in [0.3, 0.4) is 0 Å². The quantitative estimate of drug-likeness (QED) is 0.547. The molecule has 3 atom stereocenters. The number of carbonyl (C=O) groups excluding carboxylic acids is 1. The number of carbonyl (C=O) groups is 1. The molecule has 0 aliphatic heterocycles. The van der Waals surface area contributed by atoms with E-state index in [1.54, 1.807) is 16.0 Å². The SMILES string of the molecule is CC1=C2[C@H](/C=C(\C)C(=O)N(C)C)CC[C@@H](C)[C@H]2CC1. The predicted octanol–water partition coefficient (Wildman–Crippen LogP) is 3.79. The summed E-state index contributed by atoms with van der Waals surface area (Å²) in [5.41, 5.74) is 4.14. The highest BCUT2D eigenvalue weighted by atomic mass is 16.2. The minimum absolute atomic E-state index is 0.145. The highest BCUT2D eigenvalue weighted by Crippen LogP contribution is 2.48. The van der Waals surface area contributed by atoms with Gasteiger partial charge in [0.05, 0.1) is 0 Å². The van der Waals surface area contributed by atoms with Gasteiger partial charge in [-0.1, -0.05) is 24.1 Å². The van der Waals surface area contributed by atoms with E-state index in [4.69, 9.17) is 0 Å². The lowest BCUT2D eigenvalue weighted by Gasteiger charge is -2.34. The Labute approximate surface area is 117 Å². The van der Waals surface area contributed by atoms with E-state index in [1.807, 2.05) is 21.0 Å². The van der Waals surface area contributed by atoms with Crippen molar-refractivity contribution < 1.29 is 4.79 Å². The summed E-state index contributed by atoms with van der Waals surface area (Å²) in [6.07, 6.45) is 7.32. The Morgan fingerprint density at radius 2 is 1.95 bits per heavy atom. The molecule has 2 aliphatic rings. The van der Waals surface area contributed by atoms with Crippen LogP contribution in [0.25, 0.3) is 0 Å². The van der Waals surface area contributed by atoms with Crippen LogP contribution in [0.2, 0.25) is 0 Å². The van der Waals surface area contributed by atoms with Crippen LogP contribution in [0.4, 0.5) is 0 Å². The van der Waals surface area contributed by atoms with Crippen LogP contribution in [0.1, 0.15) is 46.5 Å². The molecular formula is C17H27NO. The van der Waals surface area contributed by atoms with Crippen LogP contribution < -0.4 is 0 Å². The van der Waals surface area contributed by atoms with E-state index in [-0.39, 0.29) is 5.91 Å². The molecule has 19 heavy (non-hydrogen) atoms. The van der Waals surface area contributed by atoms with Crippen LogP contribution in [0.15, 0.2) is 22.8 Å². The molecular weight excluding hydrogens is 234 g/mol. The summed E-state index contributed by atoms with van der Waals surface area (Å²) in [6.45, 7) is 6.64. The first kappa shape index (κ1) is 14.4. The highest BCUT2D eigenvalue weighted by molar-refractivity contribution is 5.92. The van der Waals surface area contributed by atoms with Crippen molar-refractivity contribution in [3.05, 3.63) is 22.8 Å². The summed E-state index contributed by atoms with van der Waals surface area (Å²) in [5.74, 6) is 2.25. The number of hydrogen-bond acceptors (Lipinski definition) is 1. The van der Waals surface area contributed by atoms with E-state index in [9.17, 15) is 4.79 Å². The zero-order valence-electron chi connectivity index (χ0n) is 13.0. The predicted molar refractivity (Wildman–Crippen MR) is 79.8 cm³/mol. The number of amides is 1. The summed E-state index contributed by atoms with van der Waals surface area (Å²) in [6, 6.07) is 0. The molecule has 2 heteroatoms. The summed E-state index contributed by atoms with van der Waals surface area (Å²) in [7, 11) is 3.65. The van der Waals surface area contributed by atoms with Gasteiger partial charge in [0.25, 0.3) is 0 Å². The smallest absolute Gasteiger partial charge is 0.248 e. The van der Waals surface area contributed by atoms with Crippen molar-refractivity contribution in [1.82, 2.24) is 4.90 Å². The third-order valence-corrected chi connectivity index (χ3v) is 4.94. The fourth-order valence-corrected chi connectivity index (χ4v) is 3.87. The molecule has 0 heterocycles. The van der Waals surface area contributed by atoms with Crippen LogP contribution in [0.5, 0.6) is 0 Å². The van der Waals surface area contributed by atoms with Crippen LogP contribution in [-0.4, -0.2) is 24.9 Å². The fraction of sp³-hybridized carbons (Fsp3) is 0.706. The number of allylic oxidation sites excluding steroid dienone is 3. The van der Waals surface area contributed by atoms with E-state index >= 15 is 0 Å². The Kier molecular flexibility index (Phi) is 4.17. The van der Waals surface area contributed by atoms with Gasteiger partial charge in [0.1, 0.15) is 0 Å². The Balaban J connectivity index is 2.23. The molecule has 0 aromatic heterocycles. The van der Waals surface area contributed by atoms with Crippen LogP contribution in [0, 0.1) is 17.8 Å². The van der Waals surface area contributed by atoms with Gasteiger partial charge in [-0.3, -0.25) is 4.79 Å². The van der Waals surface area contributed by atoms with Crippen molar-refractivity contribution >= 4 is 5.91 Å². The van der Waals surface area contributed by atoms with Crippen LogP contribution >= 0.6 is 0 Å². The van der Waals surface area contributed by atoms with Gasteiger partial charge >= 0.3 is 0 Å². The first-order chi connectivity index (χ1) is 8.91. The molecule has 0 aromatic carbocycles. The highest BCUT2D eigenvalue weighted by Gasteiger charge is 2.36. The van der Waals surface area contributed by atoms with Gasteiger partial charge in [0.2, 0.25) is 5.91 Å². The monoisotopic (exact) mass is 261 g/mol. The second-order valence-corrected chi connectivity index (χ2v) is 6.59. The van der Waals surface area contributed by atoms with Gasteiger partial charge in [0, 0.05) is 19.7 Å². The van der Waals surface area contributed by atoms with E-state index in [2.05, 4.69) is 19.9 Å². The third-order valence-electron chi connectivity index (χ3n) is 4.94. The first-order valence-electron chi connectivity index (χ1n) is 7.51. The molecule has 1 saturated carbocycles. The van der Waals surface area contributed by atoms with Gasteiger partial charge < -0.3 is 4.90 Å². The second-order valence-electron chi connectivity index (χ2n) is 6.59. The fourth-order valence-electron chi connectivity index (χ4n) is 3.87. The average Bonchev–Trinajstić information content (AvgIpc) is 2.75. The number of rotatable bonds is 2. The summed E-state index contributed by atoms with van der Waals surface area (Å²) in [4.78, 5) is 13.7. The Hall–Kier alpha value is -1.05. The van der Waals surface area contributed by atoms with Gasteiger partial charge in [0.15, 0.2) is 0 Å². The molecule has 2 nitrogen and oxygen atoms in total. The molecule has 0 bridgehead atoms. The average molecular weight is 261 g/mol. The maximum atomic E-state index is 12.0. The van der Waals surface area contributed by atoms with Crippen molar-refractivity contribution in [2.45, 2.75) is 46.5 Å². The number of fused-ring (bicyclic) bond motifs is 1. The molecule has 0 aromatic rings. The lowest BCUT2D eigenvalue weighted by atomic mass is 9.71. The normalized spacial score (nSPS) is 31.4. The largest absolute Gasteiger partial charge is 0.345 e. The Bertz CT molecular complexity index is 431. The van der Waals surface area contributed by atoms with Gasteiger partial charge in [-0.05, 0) is 57.3 Å². The number of hydrogen-bond donors (Lipinski definition) is 0. The standard InChI is InChI=1S/C17H27NO/c1-11-6-8-14(10-13(3)17(19)18(4)5)16-12(2)7-9-15(11)16/h10-11,14-15H,6-9H2,1-5H3/b13-10+/t11-,14+,15-/m1/s1. The molecule has 0 N–H and O–H groups in total. The Morgan fingerprint density at radius 3 is 2.58 bits per heavy atom. The lowest BCUT2D eigenvalue weighted by Crippen LogP contribution is -2.26. The van der Waals surface area contributed by atoms with E-state index < -0.39 is 0 Å². The second kappa shape index (κ2) is 5.52. The molecule has 106 valence electrons. The molecule has 1 amide bonds. The third kappa shape index (κ3) is 2.77. The number of nitrogens with zero attached hydrogens (tertiary/aromatic N) is 1. The van der Waals surface area contributed by atoms with E-state index in [0.717, 1.165) is 17.4 Å². The summed E-state index contributed by atoms with van der Waals surface area (Å²) < 4.78 is 0. The maximum Gasteiger partial charge on any atom is 0.248 e. The van der Waals surface area contributed by atoms with Crippen molar-refractivity contribution in [3.8, 4) is 0 Å². The van der Waals surface area contributed by atoms with Crippen molar-refractivity contribution in [2.24, 2.45) is 17.8 Å². The van der Waals surface area contributed by atoms with Crippen molar-refractivity contribution in [2.75, 3.05) is 14.1 Å². The molecule has 0 saturated heterocycles. The minimum Gasteiger partial charge on any atom is -0.345 e. The first-order valence-corrected chi connectivity index (χ1v) is 7.51. The topological polar surface area (TPSA) is 20.3 Å². The summed E-state index contributed by atoms with van der Waals surface area (Å²) in [5, 5.41) is 0. The maximum absolute atomic E-state index is 12.0. The molecule has 0 unspecified atom stereocenters. The van der Waals surface area contributed by atoms with E-state index in [1.165, 1.54) is 25.7 Å². The minimum atomic E-state index is 0.145. The van der Waals surface area contributed by atoms with Crippen molar-refractivity contribution in [1.29, 1.82) is 0 Å². The molecule has 1 fully saturated rings. The van der Waals surface area contributed by atoms with Gasteiger partial charge in [-0.25, -0.2) is 0 Å². The molecule has 0 spiro atoms. The van der Waals surface area contributed by atoms with E-state index in [0.29, 0.717) is 5.92 Å². The van der Waals surface area contributed by atoms with Gasteiger partial charge in [-0.15, -0.1) is 0 Å². The van der Waals surface area contributed by atoms with Gasteiger partial charge in [-0.2, -0.15) is 0 Å². The molecule has 0 radical (unpaired) electrons. The zero-order chi connectivity index (χ0) is 14.2. The molecule has 2 rings (SSSR count). The zero-order valence-corrected chi connectivity index (χ0v) is 13.0. The summed E-state index contributed by atoms with van der Waals surface area (Å²) >= 11 is 0. The Morgan fingerprint density at radius 1 is 1.26 bits per heavy atom. The van der Waals surface area contributed by atoms with Crippen molar-refractivity contribution in [3.63, 3.8) is 0 Å². The lowest BCUT2D eigenvalue weighted by molar-refractivity contribution is -0.124. The number of likely N-dealkylation sites (N-methyl/N-ethyl adjacent to an activating group) is 1. The van der Waals surface area contributed by atoms with Crippen LogP contribution in [-0.2, 0) is 4.79 Å². The molecule has 2 aliphatic carbocycles.